The maximum atomic E-state index is 9.31. The first kappa shape index (κ1) is 23.8. The summed E-state index contributed by atoms with van der Waals surface area (Å²) in [5.74, 6) is 2.35. The van der Waals surface area contributed by atoms with Crippen molar-refractivity contribution in [2.75, 3.05) is 6.61 Å². The summed E-state index contributed by atoms with van der Waals surface area (Å²) < 4.78 is 12.7. The van der Waals surface area contributed by atoms with Crippen molar-refractivity contribution in [1.29, 1.82) is 0 Å². The Bertz CT molecular complexity index is 571. The van der Waals surface area contributed by atoms with Crippen molar-refractivity contribution in [2.45, 2.75) is 129 Å². The van der Waals surface area contributed by atoms with Gasteiger partial charge in [-0.3, -0.25) is 0 Å². The maximum Gasteiger partial charge on any atom is 0.192 e. The van der Waals surface area contributed by atoms with Gasteiger partial charge in [0.1, 0.15) is 6.10 Å². The van der Waals surface area contributed by atoms with Crippen LogP contribution in [0.5, 0.6) is 0 Å². The van der Waals surface area contributed by atoms with Gasteiger partial charge in [-0.05, 0) is 80.3 Å². The molecule has 0 aromatic rings. The summed E-state index contributed by atoms with van der Waals surface area (Å²) in [6, 6.07) is 0. The van der Waals surface area contributed by atoms with Crippen LogP contribution >= 0.6 is 0 Å². The highest BCUT2D eigenvalue weighted by Crippen LogP contribution is 2.59. The number of rotatable bonds is 8. The van der Waals surface area contributed by atoms with E-state index in [9.17, 15) is 5.11 Å². The minimum atomic E-state index is -1.71. The zero-order valence-electron chi connectivity index (χ0n) is 20.5. The molecule has 0 radical (unpaired) electrons. The highest BCUT2D eigenvalue weighted by molar-refractivity contribution is 6.74. The lowest BCUT2D eigenvalue weighted by Gasteiger charge is -2.50. The largest absolute Gasteiger partial charge is 0.414 e. The molecular weight excluding hydrogens is 376 g/mol. The van der Waals surface area contributed by atoms with Crippen molar-refractivity contribution in [2.24, 2.45) is 23.2 Å². The third-order valence-corrected chi connectivity index (χ3v) is 14.1. The van der Waals surface area contributed by atoms with Gasteiger partial charge in [0.2, 0.25) is 0 Å². The second-order valence-corrected chi connectivity index (χ2v) is 17.3. The third-order valence-electron chi connectivity index (χ3n) is 9.61. The first-order valence-corrected chi connectivity index (χ1v) is 15.2. The third kappa shape index (κ3) is 4.66. The van der Waals surface area contributed by atoms with Crippen LogP contribution < -0.4 is 0 Å². The molecule has 3 rings (SSSR count). The molecular formula is C25H48O3Si. The summed E-state index contributed by atoms with van der Waals surface area (Å²) in [5, 5.41) is 9.60. The van der Waals surface area contributed by atoms with Gasteiger partial charge in [-0.25, -0.2) is 0 Å². The summed E-state index contributed by atoms with van der Waals surface area (Å²) in [4.78, 5) is 0. The molecule has 0 spiro atoms. The molecule has 3 nitrogen and oxygen atoms in total. The highest BCUT2D eigenvalue weighted by Gasteiger charge is 2.55. The fourth-order valence-corrected chi connectivity index (χ4v) is 7.90. The van der Waals surface area contributed by atoms with E-state index in [4.69, 9.17) is 9.16 Å². The monoisotopic (exact) mass is 424 g/mol. The molecule has 2 aliphatic carbocycles. The fraction of sp³-hybridized carbons (Fsp3) is 1.00. The molecule has 3 aliphatic rings. The topological polar surface area (TPSA) is 42.0 Å². The average Bonchev–Trinajstić information content (AvgIpc) is 3.11. The van der Waals surface area contributed by atoms with Crippen LogP contribution in [0.25, 0.3) is 0 Å². The van der Waals surface area contributed by atoms with Crippen LogP contribution in [0.1, 0.15) is 92.9 Å². The van der Waals surface area contributed by atoms with Crippen LogP contribution in [0.4, 0.5) is 0 Å². The number of epoxide rings is 1. The van der Waals surface area contributed by atoms with Gasteiger partial charge in [-0.2, -0.15) is 0 Å². The molecule has 0 unspecified atom stereocenters. The smallest absolute Gasteiger partial charge is 0.192 e. The minimum Gasteiger partial charge on any atom is -0.414 e. The molecule has 0 aromatic carbocycles. The zero-order chi connectivity index (χ0) is 21.7. The van der Waals surface area contributed by atoms with Crippen molar-refractivity contribution in [3.05, 3.63) is 0 Å². The Morgan fingerprint density at radius 2 is 1.86 bits per heavy atom. The quantitative estimate of drug-likeness (QED) is 0.355. The molecule has 1 N–H and O–H groups in total. The Labute approximate surface area is 181 Å². The lowest BCUT2D eigenvalue weighted by molar-refractivity contribution is -0.0213. The lowest BCUT2D eigenvalue weighted by atomic mass is 9.61. The molecule has 0 aromatic heterocycles. The number of fused-ring (bicyclic) bond motifs is 1. The van der Waals surface area contributed by atoms with Gasteiger partial charge in [0.05, 0.1) is 12.2 Å². The van der Waals surface area contributed by atoms with E-state index in [1.165, 1.54) is 44.9 Å². The number of hydrogen-bond donors (Lipinski definition) is 1. The van der Waals surface area contributed by atoms with E-state index in [1.54, 1.807) is 0 Å². The first-order valence-electron chi connectivity index (χ1n) is 12.3. The van der Waals surface area contributed by atoms with Crippen LogP contribution in [-0.2, 0) is 9.16 Å². The second kappa shape index (κ2) is 8.22. The summed E-state index contributed by atoms with van der Waals surface area (Å²) in [5.41, 5.74) is 0.405. The van der Waals surface area contributed by atoms with Gasteiger partial charge in [-0.15, -0.1) is 0 Å². The molecule has 2 saturated carbocycles. The van der Waals surface area contributed by atoms with Crippen molar-refractivity contribution in [3.8, 4) is 0 Å². The summed E-state index contributed by atoms with van der Waals surface area (Å²) in [7, 11) is -1.71. The van der Waals surface area contributed by atoms with E-state index in [0.717, 1.165) is 24.2 Å². The van der Waals surface area contributed by atoms with Crippen molar-refractivity contribution in [1.82, 2.24) is 0 Å². The van der Waals surface area contributed by atoms with Gasteiger partial charge in [0, 0.05) is 6.10 Å². The van der Waals surface area contributed by atoms with Crippen LogP contribution in [0.2, 0.25) is 18.1 Å². The molecule has 1 aliphatic heterocycles. The zero-order valence-corrected chi connectivity index (χ0v) is 21.5. The molecule has 29 heavy (non-hydrogen) atoms. The normalized spacial score (nSPS) is 41.3. The van der Waals surface area contributed by atoms with Crippen LogP contribution in [0.3, 0.4) is 0 Å². The Hall–Kier alpha value is 0.0969. The molecule has 0 amide bonds. The van der Waals surface area contributed by atoms with Crippen LogP contribution in [0.15, 0.2) is 0 Å². The maximum absolute atomic E-state index is 9.31. The summed E-state index contributed by atoms with van der Waals surface area (Å²) in [6.45, 7) is 19.4. The summed E-state index contributed by atoms with van der Waals surface area (Å²) in [6.07, 6.45) is 10.9. The Kier molecular flexibility index (Phi) is 6.73. The molecule has 3 fully saturated rings. The van der Waals surface area contributed by atoms with Crippen LogP contribution in [0, 0.1) is 23.2 Å². The molecule has 1 heterocycles. The predicted octanol–water partition coefficient (Wildman–Crippen LogP) is 6.55. The lowest BCUT2D eigenvalue weighted by Crippen LogP contribution is -2.50. The van der Waals surface area contributed by atoms with Crippen LogP contribution in [-0.4, -0.2) is 37.8 Å². The van der Waals surface area contributed by atoms with Gasteiger partial charge < -0.3 is 14.3 Å². The van der Waals surface area contributed by atoms with E-state index in [0.29, 0.717) is 16.6 Å². The number of aliphatic hydroxyl groups is 1. The van der Waals surface area contributed by atoms with Gasteiger partial charge in [-0.1, -0.05) is 53.9 Å². The number of hydrogen-bond acceptors (Lipinski definition) is 3. The number of ether oxygens (including phenoxy) is 1. The Morgan fingerprint density at radius 1 is 1.17 bits per heavy atom. The molecule has 1 saturated heterocycles. The molecule has 7 atom stereocenters. The summed E-state index contributed by atoms with van der Waals surface area (Å²) >= 11 is 0. The van der Waals surface area contributed by atoms with Gasteiger partial charge in [0.15, 0.2) is 8.32 Å². The van der Waals surface area contributed by atoms with E-state index < -0.39 is 8.32 Å². The minimum absolute atomic E-state index is 0.0521. The Balaban J connectivity index is 1.59. The van der Waals surface area contributed by atoms with Crippen molar-refractivity contribution >= 4 is 8.32 Å². The first-order chi connectivity index (χ1) is 13.3. The highest BCUT2D eigenvalue weighted by atomic mass is 28.4. The second-order valence-electron chi connectivity index (χ2n) is 12.6. The van der Waals surface area contributed by atoms with E-state index in [2.05, 4.69) is 54.6 Å². The number of aliphatic hydroxyl groups excluding tert-OH is 1. The average molecular weight is 425 g/mol. The standard InChI is InChI=1S/C25H48O3Si/c1-18(11-9-16-25(6)22(17-26)27-25)19-13-14-20-21(12-10-15-24(19,20)5)28-29(7,8)23(2,3)4/h18-22,26H,9-17H2,1-8H3/t18-,19-,20+,21+,22+,24-,25-/m1/s1. The van der Waals surface area contributed by atoms with E-state index in [-0.39, 0.29) is 18.3 Å². The Morgan fingerprint density at radius 3 is 2.45 bits per heavy atom. The van der Waals surface area contributed by atoms with E-state index >= 15 is 0 Å². The van der Waals surface area contributed by atoms with E-state index in [1.807, 2.05) is 0 Å². The molecule has 170 valence electrons. The molecule has 0 bridgehead atoms. The SMILES string of the molecule is C[C@H](CCC[C@@]1(C)O[C@H]1CO)[C@H]1CC[C@H]2[C@@H](O[Si](C)(C)C(C)(C)C)CCC[C@]12C. The van der Waals surface area contributed by atoms with Crippen molar-refractivity contribution < 1.29 is 14.3 Å². The van der Waals surface area contributed by atoms with Crippen molar-refractivity contribution in [3.63, 3.8) is 0 Å². The fourth-order valence-electron chi connectivity index (χ4n) is 6.51. The van der Waals surface area contributed by atoms with Gasteiger partial charge >= 0.3 is 0 Å². The van der Waals surface area contributed by atoms with Gasteiger partial charge in [0.25, 0.3) is 0 Å². The molecule has 4 heteroatoms. The predicted molar refractivity (Wildman–Crippen MR) is 124 cm³/mol.